The lowest BCUT2D eigenvalue weighted by Crippen LogP contribution is -2.47. The molecule has 1 aromatic carbocycles. The molecule has 0 aromatic heterocycles. The summed E-state index contributed by atoms with van der Waals surface area (Å²) >= 11 is 0. The highest BCUT2D eigenvalue weighted by Gasteiger charge is 2.45. The van der Waals surface area contributed by atoms with Gasteiger partial charge in [0, 0.05) is 11.8 Å². The second kappa shape index (κ2) is 7.44. The third-order valence-corrected chi connectivity index (χ3v) is 5.14. The summed E-state index contributed by atoms with van der Waals surface area (Å²) in [5.41, 5.74) is -1.01. The van der Waals surface area contributed by atoms with E-state index in [1.807, 2.05) is 0 Å². The Labute approximate surface area is 142 Å². The quantitative estimate of drug-likeness (QED) is 0.719. The van der Waals surface area contributed by atoms with E-state index in [0.29, 0.717) is 0 Å². The lowest BCUT2D eigenvalue weighted by molar-refractivity contribution is -0.161. The first-order chi connectivity index (χ1) is 10.9. The fourth-order valence-corrected chi connectivity index (χ4v) is 3.03. The molecule has 0 amide bonds. The van der Waals surface area contributed by atoms with Crippen molar-refractivity contribution in [2.24, 2.45) is 5.41 Å². The number of Topliss-reactive ketones (excluding diaryl/α,β-unsaturated/α-hetero) is 1. The van der Waals surface area contributed by atoms with Crippen molar-refractivity contribution in [3.8, 4) is 0 Å². The Hall–Kier alpha value is -1.73. The summed E-state index contributed by atoms with van der Waals surface area (Å²) in [6, 6.07) is 5.50. The zero-order valence-corrected chi connectivity index (χ0v) is 15.4. The molecule has 0 saturated carbocycles. The minimum Gasteiger partial charge on any atom is -0.479 e. The Morgan fingerprint density at radius 3 is 2.04 bits per heavy atom. The first kappa shape index (κ1) is 20.3. The summed E-state index contributed by atoms with van der Waals surface area (Å²) in [7, 11) is -3.36. The number of ketones is 1. The Morgan fingerprint density at radius 2 is 1.71 bits per heavy atom. The molecular weight excluding hydrogens is 332 g/mol. The average Bonchev–Trinajstić information content (AvgIpc) is 2.50. The zero-order chi connectivity index (χ0) is 18.7. The van der Waals surface area contributed by atoms with Crippen molar-refractivity contribution in [3.05, 3.63) is 29.8 Å². The van der Waals surface area contributed by atoms with Crippen LogP contribution in [0.15, 0.2) is 29.2 Å². The molecule has 0 saturated heterocycles. The molecule has 0 aliphatic carbocycles. The van der Waals surface area contributed by atoms with E-state index in [1.165, 1.54) is 24.3 Å². The minimum atomic E-state index is -3.36. The van der Waals surface area contributed by atoms with Gasteiger partial charge in [0.15, 0.2) is 21.7 Å². The Balaban J connectivity index is 3.26. The molecule has 0 fully saturated rings. The number of carbonyl (C=O) groups excluding carboxylic acids is 1. The van der Waals surface area contributed by atoms with E-state index in [-0.39, 0.29) is 23.0 Å². The molecular formula is C17H24O6S. The minimum absolute atomic E-state index is 0.102. The number of ether oxygens (including phenoxy) is 1. The second-order valence-electron chi connectivity index (χ2n) is 6.30. The normalized spacial score (nSPS) is 15.8. The molecule has 0 spiro atoms. The molecule has 0 aliphatic rings. The monoisotopic (exact) mass is 356 g/mol. The van der Waals surface area contributed by atoms with E-state index in [2.05, 4.69) is 0 Å². The summed E-state index contributed by atoms with van der Waals surface area (Å²) < 4.78 is 28.5. The summed E-state index contributed by atoms with van der Waals surface area (Å²) in [5.74, 6) is -1.59. The van der Waals surface area contributed by atoms with E-state index >= 15 is 0 Å². The molecule has 24 heavy (non-hydrogen) atoms. The van der Waals surface area contributed by atoms with Gasteiger partial charge in [-0.3, -0.25) is 4.79 Å². The topological polar surface area (TPSA) is 97.7 Å². The van der Waals surface area contributed by atoms with Crippen LogP contribution >= 0.6 is 0 Å². The van der Waals surface area contributed by atoms with Gasteiger partial charge in [-0.2, -0.15) is 0 Å². The first-order valence-corrected chi connectivity index (χ1v) is 9.55. The van der Waals surface area contributed by atoms with Crippen LogP contribution in [0.25, 0.3) is 0 Å². The van der Waals surface area contributed by atoms with E-state index in [0.717, 1.165) is 6.26 Å². The third kappa shape index (κ3) is 4.42. The highest BCUT2D eigenvalue weighted by atomic mass is 32.2. The van der Waals surface area contributed by atoms with Gasteiger partial charge in [0.25, 0.3) is 0 Å². The number of aliphatic carboxylic acids is 1. The first-order valence-electron chi connectivity index (χ1n) is 7.66. The van der Waals surface area contributed by atoms with E-state index in [1.54, 1.807) is 27.7 Å². The van der Waals surface area contributed by atoms with Gasteiger partial charge in [-0.25, -0.2) is 13.2 Å². The van der Waals surface area contributed by atoms with Crippen LogP contribution < -0.4 is 0 Å². The van der Waals surface area contributed by atoms with E-state index in [4.69, 9.17) is 4.74 Å². The molecule has 1 unspecified atom stereocenters. The lowest BCUT2D eigenvalue weighted by atomic mass is 9.75. The van der Waals surface area contributed by atoms with Gasteiger partial charge >= 0.3 is 5.97 Å². The van der Waals surface area contributed by atoms with Gasteiger partial charge in [-0.1, -0.05) is 19.1 Å². The summed E-state index contributed by atoms with van der Waals surface area (Å²) in [6.07, 6.45) is -0.290. The molecule has 2 atom stereocenters. The van der Waals surface area contributed by atoms with Gasteiger partial charge in [0.2, 0.25) is 0 Å². The molecule has 6 nitrogen and oxygen atoms in total. The van der Waals surface area contributed by atoms with Gasteiger partial charge < -0.3 is 9.84 Å². The van der Waals surface area contributed by atoms with Crippen molar-refractivity contribution in [2.45, 2.75) is 51.2 Å². The van der Waals surface area contributed by atoms with Crippen LogP contribution in [0.2, 0.25) is 0 Å². The van der Waals surface area contributed by atoms with Crippen molar-refractivity contribution in [1.29, 1.82) is 0 Å². The third-order valence-electron chi connectivity index (χ3n) is 4.01. The Bertz CT molecular complexity index is 705. The number of rotatable bonds is 8. The molecule has 0 aliphatic heterocycles. The summed E-state index contributed by atoms with van der Waals surface area (Å²) in [5, 5.41) is 9.48. The number of sulfone groups is 1. The van der Waals surface area contributed by atoms with Gasteiger partial charge in [0.1, 0.15) is 0 Å². The molecule has 0 radical (unpaired) electrons. The van der Waals surface area contributed by atoms with Crippen LogP contribution in [0.5, 0.6) is 0 Å². The molecule has 1 aromatic rings. The molecule has 0 heterocycles. The predicted molar refractivity (Wildman–Crippen MR) is 89.9 cm³/mol. The van der Waals surface area contributed by atoms with Gasteiger partial charge in [-0.15, -0.1) is 0 Å². The maximum atomic E-state index is 12.9. The SMILES string of the molecule is CC[C@](C)(C(=O)c1ccc(S(C)(=O)=O)cc1)C(OC(C)C)C(=O)O. The largest absolute Gasteiger partial charge is 0.479 e. The second-order valence-corrected chi connectivity index (χ2v) is 8.32. The molecule has 134 valence electrons. The highest BCUT2D eigenvalue weighted by molar-refractivity contribution is 7.90. The smallest absolute Gasteiger partial charge is 0.333 e. The van der Waals surface area contributed by atoms with Crippen LogP contribution in [-0.4, -0.2) is 43.7 Å². The number of carboxylic acid groups (broad SMARTS) is 1. The van der Waals surface area contributed by atoms with Crippen LogP contribution in [0.3, 0.4) is 0 Å². The van der Waals surface area contributed by atoms with Crippen LogP contribution in [0.4, 0.5) is 0 Å². The van der Waals surface area contributed by atoms with Crippen LogP contribution in [0, 0.1) is 5.41 Å². The van der Waals surface area contributed by atoms with Crippen molar-refractivity contribution in [1.82, 2.24) is 0 Å². The molecule has 1 rings (SSSR count). The summed E-state index contributed by atoms with van der Waals surface area (Å²) in [6.45, 7) is 6.69. The highest BCUT2D eigenvalue weighted by Crippen LogP contribution is 2.34. The lowest BCUT2D eigenvalue weighted by Gasteiger charge is -2.34. The van der Waals surface area contributed by atoms with Gasteiger partial charge in [-0.05, 0) is 39.3 Å². The molecule has 7 heteroatoms. The van der Waals surface area contributed by atoms with Crippen molar-refractivity contribution >= 4 is 21.6 Å². The van der Waals surface area contributed by atoms with E-state index in [9.17, 15) is 23.1 Å². The number of carbonyl (C=O) groups is 2. The van der Waals surface area contributed by atoms with Crippen molar-refractivity contribution in [3.63, 3.8) is 0 Å². The maximum Gasteiger partial charge on any atom is 0.333 e. The summed E-state index contributed by atoms with van der Waals surface area (Å²) in [4.78, 5) is 24.6. The fraction of sp³-hybridized carbons (Fsp3) is 0.529. The van der Waals surface area contributed by atoms with Crippen molar-refractivity contribution < 1.29 is 27.9 Å². The standard InChI is InChI=1S/C17H24O6S/c1-6-17(4,15(16(19)20)23-11(2)3)14(18)12-7-9-13(10-8-12)24(5,21)22/h7-11,15H,6H2,1-5H3,(H,19,20)/t15?,17-/m1/s1. The fourth-order valence-electron chi connectivity index (χ4n) is 2.40. The Morgan fingerprint density at radius 1 is 1.21 bits per heavy atom. The number of carboxylic acids is 1. The van der Waals surface area contributed by atoms with Crippen LogP contribution in [-0.2, 0) is 19.4 Å². The van der Waals surface area contributed by atoms with Gasteiger partial charge in [0.05, 0.1) is 16.4 Å². The average molecular weight is 356 g/mol. The van der Waals surface area contributed by atoms with Crippen molar-refractivity contribution in [2.75, 3.05) is 6.26 Å². The maximum absolute atomic E-state index is 12.9. The predicted octanol–water partition coefficient (Wildman–Crippen LogP) is 2.57. The number of hydrogen-bond acceptors (Lipinski definition) is 5. The van der Waals surface area contributed by atoms with E-state index < -0.39 is 33.1 Å². The molecule has 1 N–H and O–H groups in total. The number of hydrogen-bond donors (Lipinski definition) is 1. The molecule has 0 bridgehead atoms. The Kier molecular flexibility index (Phi) is 6.30. The van der Waals surface area contributed by atoms with Crippen LogP contribution in [0.1, 0.15) is 44.5 Å². The number of benzene rings is 1. The zero-order valence-electron chi connectivity index (χ0n) is 14.6.